The second kappa shape index (κ2) is 7.25. The molecule has 2 aromatic heterocycles. The molecule has 0 radical (unpaired) electrons. The van der Waals surface area contributed by atoms with Crippen LogP contribution in [0.4, 0.5) is 0 Å². The van der Waals surface area contributed by atoms with Crippen LogP contribution in [-0.2, 0) is 17.9 Å². The number of furan rings is 1. The Morgan fingerprint density at radius 1 is 1.16 bits per heavy atom. The van der Waals surface area contributed by atoms with E-state index < -0.39 is 5.97 Å². The Kier molecular flexibility index (Phi) is 4.88. The molecule has 0 atom stereocenters. The Labute approximate surface area is 144 Å². The predicted molar refractivity (Wildman–Crippen MR) is 92.9 cm³/mol. The molecule has 6 nitrogen and oxygen atoms in total. The summed E-state index contributed by atoms with van der Waals surface area (Å²) in [7, 11) is 1.29. The molecule has 2 heterocycles. The molecule has 1 aromatic carbocycles. The van der Waals surface area contributed by atoms with E-state index in [1.54, 1.807) is 35.0 Å². The van der Waals surface area contributed by atoms with Crippen molar-refractivity contribution in [1.29, 1.82) is 0 Å². The highest BCUT2D eigenvalue weighted by Gasteiger charge is 2.12. The fraction of sp³-hybridized carbons (Fsp3) is 0.263. The van der Waals surface area contributed by atoms with Gasteiger partial charge in [0.2, 0.25) is 5.76 Å². The number of carbonyl (C=O) groups excluding carboxylic acids is 1. The van der Waals surface area contributed by atoms with Crippen molar-refractivity contribution in [3.63, 3.8) is 0 Å². The minimum Gasteiger partial charge on any atom is -0.485 e. The first-order valence-electron chi connectivity index (χ1n) is 8.06. The average molecular weight is 341 g/mol. The highest BCUT2D eigenvalue weighted by atomic mass is 16.5. The number of rotatable bonds is 6. The molecular formula is C19H19NO5. The zero-order chi connectivity index (χ0) is 17.8. The van der Waals surface area contributed by atoms with Crippen LogP contribution in [0.25, 0.3) is 10.8 Å². The third kappa shape index (κ3) is 3.42. The summed E-state index contributed by atoms with van der Waals surface area (Å²) in [6.07, 6.45) is 2.67. The van der Waals surface area contributed by atoms with Gasteiger partial charge in [-0.25, -0.2) is 4.79 Å². The van der Waals surface area contributed by atoms with E-state index in [-0.39, 0.29) is 17.9 Å². The third-order valence-corrected chi connectivity index (χ3v) is 3.86. The summed E-state index contributed by atoms with van der Waals surface area (Å²) in [6.45, 7) is 2.86. The number of hydrogen-bond donors (Lipinski definition) is 0. The van der Waals surface area contributed by atoms with Crippen molar-refractivity contribution in [3.8, 4) is 5.75 Å². The maximum atomic E-state index is 12.5. The normalized spacial score (nSPS) is 10.8. The number of methoxy groups -OCH3 is 1. The Bertz CT molecular complexity index is 954. The maximum absolute atomic E-state index is 12.5. The van der Waals surface area contributed by atoms with Gasteiger partial charge in [0.05, 0.1) is 12.5 Å². The summed E-state index contributed by atoms with van der Waals surface area (Å²) < 4.78 is 17.5. The van der Waals surface area contributed by atoms with Crippen molar-refractivity contribution in [1.82, 2.24) is 4.57 Å². The zero-order valence-electron chi connectivity index (χ0n) is 14.2. The number of hydrogen-bond acceptors (Lipinski definition) is 5. The molecule has 130 valence electrons. The van der Waals surface area contributed by atoms with Crippen molar-refractivity contribution >= 4 is 16.7 Å². The molecule has 0 aliphatic rings. The van der Waals surface area contributed by atoms with Crippen LogP contribution in [-0.4, -0.2) is 17.6 Å². The Morgan fingerprint density at radius 2 is 2.00 bits per heavy atom. The Balaban J connectivity index is 1.84. The van der Waals surface area contributed by atoms with Crippen LogP contribution >= 0.6 is 0 Å². The van der Waals surface area contributed by atoms with Crippen LogP contribution < -0.4 is 10.3 Å². The molecule has 0 bridgehead atoms. The number of fused-ring (bicyclic) bond motifs is 1. The van der Waals surface area contributed by atoms with Gasteiger partial charge in [-0.2, -0.15) is 0 Å². The fourth-order valence-corrected chi connectivity index (χ4v) is 2.65. The number of carbonyl (C=O) groups is 1. The summed E-state index contributed by atoms with van der Waals surface area (Å²) in [6, 6.07) is 10.5. The monoisotopic (exact) mass is 341 g/mol. The first-order chi connectivity index (χ1) is 12.1. The van der Waals surface area contributed by atoms with Gasteiger partial charge in [0.25, 0.3) is 5.56 Å². The third-order valence-electron chi connectivity index (χ3n) is 3.86. The van der Waals surface area contributed by atoms with Crippen molar-refractivity contribution in [2.24, 2.45) is 0 Å². The molecule has 0 aliphatic carbocycles. The van der Waals surface area contributed by atoms with Gasteiger partial charge >= 0.3 is 5.97 Å². The van der Waals surface area contributed by atoms with E-state index in [4.69, 9.17) is 9.15 Å². The molecule has 0 saturated carbocycles. The summed E-state index contributed by atoms with van der Waals surface area (Å²) in [5, 5.41) is 1.36. The molecule has 25 heavy (non-hydrogen) atoms. The minimum absolute atomic E-state index is 0.0317. The van der Waals surface area contributed by atoms with Crippen LogP contribution in [0.1, 0.15) is 29.7 Å². The van der Waals surface area contributed by atoms with Gasteiger partial charge in [0.15, 0.2) is 0 Å². The van der Waals surface area contributed by atoms with Crippen LogP contribution in [0.2, 0.25) is 0 Å². The molecule has 3 rings (SSSR count). The molecule has 6 heteroatoms. The van der Waals surface area contributed by atoms with Crippen molar-refractivity contribution in [2.75, 3.05) is 7.11 Å². The fourth-order valence-electron chi connectivity index (χ4n) is 2.65. The number of pyridine rings is 1. The number of nitrogens with zero attached hydrogens (tertiary/aromatic N) is 1. The molecule has 0 saturated heterocycles. The summed E-state index contributed by atoms with van der Waals surface area (Å²) >= 11 is 0. The summed E-state index contributed by atoms with van der Waals surface area (Å²) in [4.78, 5) is 23.9. The largest absolute Gasteiger partial charge is 0.485 e. The van der Waals surface area contributed by atoms with Gasteiger partial charge in [0, 0.05) is 18.1 Å². The highest BCUT2D eigenvalue weighted by Crippen LogP contribution is 2.24. The van der Waals surface area contributed by atoms with Gasteiger partial charge < -0.3 is 18.5 Å². The molecule has 0 aliphatic heterocycles. The van der Waals surface area contributed by atoms with Crippen molar-refractivity contribution in [2.45, 2.75) is 26.5 Å². The topological polar surface area (TPSA) is 70.7 Å². The predicted octanol–water partition coefficient (Wildman–Crippen LogP) is 3.37. The van der Waals surface area contributed by atoms with Crippen molar-refractivity contribution in [3.05, 3.63) is 64.5 Å². The molecule has 0 N–H and O–H groups in total. The molecule has 0 fully saturated rings. The first-order valence-corrected chi connectivity index (χ1v) is 8.06. The number of benzene rings is 1. The maximum Gasteiger partial charge on any atom is 0.373 e. The number of ether oxygens (including phenoxy) is 2. The van der Waals surface area contributed by atoms with Gasteiger partial charge in [-0.3, -0.25) is 4.79 Å². The van der Waals surface area contributed by atoms with E-state index in [1.807, 2.05) is 13.0 Å². The quantitative estimate of drug-likeness (QED) is 0.643. The SMILES string of the molecule is CCCn1ccc2c(OCc3ccc(C(=O)OC)o3)cccc2c1=O. The lowest BCUT2D eigenvalue weighted by Crippen LogP contribution is -2.19. The van der Waals surface area contributed by atoms with Gasteiger partial charge in [0.1, 0.15) is 18.1 Å². The lowest BCUT2D eigenvalue weighted by Gasteiger charge is -2.10. The van der Waals surface area contributed by atoms with Crippen LogP contribution in [0.3, 0.4) is 0 Å². The molecular weight excluding hydrogens is 322 g/mol. The minimum atomic E-state index is -0.534. The highest BCUT2D eigenvalue weighted by molar-refractivity contribution is 5.87. The second-order valence-electron chi connectivity index (χ2n) is 5.58. The Morgan fingerprint density at radius 3 is 2.76 bits per heavy atom. The number of aryl methyl sites for hydroxylation is 1. The van der Waals surface area contributed by atoms with Gasteiger partial charge in [-0.15, -0.1) is 0 Å². The second-order valence-corrected chi connectivity index (χ2v) is 5.58. The van der Waals surface area contributed by atoms with E-state index >= 15 is 0 Å². The van der Waals surface area contributed by atoms with E-state index in [9.17, 15) is 9.59 Å². The first kappa shape index (κ1) is 16.8. The number of aromatic nitrogens is 1. The lowest BCUT2D eigenvalue weighted by molar-refractivity contribution is 0.0561. The van der Waals surface area contributed by atoms with Crippen LogP contribution in [0, 0.1) is 0 Å². The van der Waals surface area contributed by atoms with Crippen molar-refractivity contribution < 1.29 is 18.7 Å². The molecule has 3 aromatic rings. The Hall–Kier alpha value is -3.02. The summed E-state index contributed by atoms with van der Waals surface area (Å²) in [5.74, 6) is 0.681. The van der Waals surface area contributed by atoms with E-state index in [0.29, 0.717) is 23.4 Å². The zero-order valence-corrected chi connectivity index (χ0v) is 14.2. The molecule has 0 amide bonds. The molecule has 0 unspecified atom stereocenters. The van der Waals surface area contributed by atoms with Crippen LogP contribution in [0.5, 0.6) is 5.75 Å². The molecule has 0 spiro atoms. The lowest BCUT2D eigenvalue weighted by atomic mass is 10.1. The van der Waals surface area contributed by atoms with Crippen LogP contribution in [0.15, 0.2) is 51.8 Å². The summed E-state index contributed by atoms with van der Waals surface area (Å²) in [5.41, 5.74) is -0.0317. The van der Waals surface area contributed by atoms with E-state index in [1.165, 1.54) is 13.2 Å². The van der Waals surface area contributed by atoms with Gasteiger partial charge in [-0.1, -0.05) is 13.0 Å². The van der Waals surface area contributed by atoms with E-state index in [2.05, 4.69) is 4.74 Å². The average Bonchev–Trinajstić information content (AvgIpc) is 3.11. The van der Waals surface area contributed by atoms with E-state index in [0.717, 1.165) is 11.8 Å². The smallest absolute Gasteiger partial charge is 0.373 e. The standard InChI is InChI=1S/C19H19NO5/c1-3-10-20-11-9-14-15(18(20)21)5-4-6-16(14)24-12-13-7-8-17(25-13)19(22)23-2/h4-9,11H,3,10,12H2,1-2H3. The number of esters is 1. The van der Waals surface area contributed by atoms with Gasteiger partial charge in [-0.05, 0) is 36.8 Å².